The number of hydrogen-bond acceptors (Lipinski definition) is 8. The maximum absolute atomic E-state index is 12.7. The van der Waals surface area contributed by atoms with Gasteiger partial charge in [0, 0.05) is 35.8 Å². The van der Waals surface area contributed by atoms with Gasteiger partial charge >= 0.3 is 0 Å². The van der Waals surface area contributed by atoms with Gasteiger partial charge in [0.1, 0.15) is 23.1 Å². The Labute approximate surface area is 246 Å². The molecule has 42 heavy (non-hydrogen) atoms. The summed E-state index contributed by atoms with van der Waals surface area (Å²) in [5.41, 5.74) is 5.00. The highest BCUT2D eigenvalue weighted by molar-refractivity contribution is 5.83. The van der Waals surface area contributed by atoms with Crippen LogP contribution in [0.4, 0.5) is 0 Å². The van der Waals surface area contributed by atoms with Crippen LogP contribution < -0.4 is 9.47 Å². The SMILES string of the molecule is COc1ccccc1CC(=O)Cc1ccc([C@H]2CCC[C@H](c3ccc(CC(=O)Cc4ccccc4OC)nn3)C2)nn1. The van der Waals surface area contributed by atoms with Gasteiger partial charge in [0.15, 0.2) is 0 Å². The maximum Gasteiger partial charge on any atom is 0.143 e. The minimum absolute atomic E-state index is 0.0720. The van der Waals surface area contributed by atoms with Gasteiger partial charge in [0.25, 0.3) is 0 Å². The molecule has 1 saturated carbocycles. The van der Waals surface area contributed by atoms with E-state index in [-0.39, 0.29) is 36.2 Å². The molecule has 216 valence electrons. The summed E-state index contributed by atoms with van der Waals surface area (Å²) in [5.74, 6) is 2.13. The quantitative estimate of drug-likeness (QED) is 0.224. The van der Waals surface area contributed by atoms with E-state index >= 15 is 0 Å². The van der Waals surface area contributed by atoms with Crippen LogP contribution in [0.3, 0.4) is 0 Å². The molecule has 1 aliphatic carbocycles. The third kappa shape index (κ3) is 7.43. The molecule has 4 aromatic rings. The van der Waals surface area contributed by atoms with Gasteiger partial charge in [-0.1, -0.05) is 42.8 Å². The summed E-state index contributed by atoms with van der Waals surface area (Å²) in [4.78, 5) is 25.3. The molecule has 2 atom stereocenters. The average molecular weight is 565 g/mol. The van der Waals surface area contributed by atoms with Crippen LogP contribution in [0, 0.1) is 0 Å². The number of carbonyl (C=O) groups excluding carboxylic acids is 2. The smallest absolute Gasteiger partial charge is 0.143 e. The Morgan fingerprint density at radius 2 is 1.07 bits per heavy atom. The lowest BCUT2D eigenvalue weighted by Gasteiger charge is -2.28. The topological polar surface area (TPSA) is 104 Å². The first-order valence-electron chi connectivity index (χ1n) is 14.4. The van der Waals surface area contributed by atoms with Gasteiger partial charge in [0.2, 0.25) is 0 Å². The number of para-hydroxylation sites is 2. The van der Waals surface area contributed by atoms with Crippen molar-refractivity contribution in [2.75, 3.05) is 14.2 Å². The maximum atomic E-state index is 12.7. The van der Waals surface area contributed by atoms with Gasteiger partial charge in [-0.05, 0) is 55.7 Å². The lowest BCUT2D eigenvalue weighted by atomic mass is 9.78. The van der Waals surface area contributed by atoms with E-state index in [0.717, 1.165) is 59.7 Å². The number of Topliss-reactive ketones (excluding diaryl/α,β-unsaturated/α-hetero) is 2. The van der Waals surface area contributed by atoms with Crippen molar-refractivity contribution >= 4 is 11.6 Å². The van der Waals surface area contributed by atoms with Crippen molar-refractivity contribution in [3.63, 3.8) is 0 Å². The Bertz CT molecular complexity index is 1390. The van der Waals surface area contributed by atoms with Crippen molar-refractivity contribution in [3.8, 4) is 11.5 Å². The first kappa shape index (κ1) is 29.0. The number of methoxy groups -OCH3 is 2. The zero-order valence-corrected chi connectivity index (χ0v) is 24.2. The largest absolute Gasteiger partial charge is 0.496 e. The van der Waals surface area contributed by atoms with E-state index in [4.69, 9.17) is 9.47 Å². The van der Waals surface area contributed by atoms with Crippen LogP contribution in [0.25, 0.3) is 0 Å². The number of ether oxygens (including phenoxy) is 2. The normalized spacial score (nSPS) is 16.5. The van der Waals surface area contributed by atoms with E-state index in [0.29, 0.717) is 24.2 Å². The standard InChI is InChI=1S/C34H36N4O4/c1-41-33-12-5-3-8-25(33)19-29(39)21-27-14-16-31(37-35-27)23-10-7-11-24(18-23)32-17-15-28(36-38-32)22-30(40)20-26-9-4-6-13-34(26)42-2/h3-6,8-9,12-17,23-24H,7,10-11,18-22H2,1-2H3/t23-,24-/m0/s1. The van der Waals surface area contributed by atoms with Crippen LogP contribution in [0.5, 0.6) is 11.5 Å². The zero-order chi connectivity index (χ0) is 29.3. The highest BCUT2D eigenvalue weighted by Gasteiger charge is 2.27. The summed E-state index contributed by atoms with van der Waals surface area (Å²) in [6.45, 7) is 0. The number of benzene rings is 2. The first-order chi connectivity index (χ1) is 20.5. The Morgan fingerprint density at radius 1 is 0.619 bits per heavy atom. The fraction of sp³-hybridized carbons (Fsp3) is 0.353. The molecular weight excluding hydrogens is 528 g/mol. The molecule has 8 heteroatoms. The Kier molecular flexibility index (Phi) is 9.64. The van der Waals surface area contributed by atoms with Crippen LogP contribution >= 0.6 is 0 Å². The molecule has 5 rings (SSSR count). The number of hydrogen-bond donors (Lipinski definition) is 0. The summed E-state index contributed by atoms with van der Waals surface area (Å²) >= 11 is 0. The summed E-state index contributed by atoms with van der Waals surface area (Å²) < 4.78 is 10.7. The molecule has 0 saturated heterocycles. The molecule has 2 aromatic heterocycles. The lowest BCUT2D eigenvalue weighted by Crippen LogP contribution is -2.17. The molecule has 0 aliphatic heterocycles. The number of nitrogens with zero attached hydrogens (tertiary/aromatic N) is 4. The van der Waals surface area contributed by atoms with Crippen LogP contribution in [0.1, 0.15) is 71.4 Å². The fourth-order valence-electron chi connectivity index (χ4n) is 5.74. The van der Waals surface area contributed by atoms with E-state index in [9.17, 15) is 9.59 Å². The molecule has 1 aliphatic rings. The number of ketones is 2. The van der Waals surface area contributed by atoms with Gasteiger partial charge in [0.05, 0.1) is 49.8 Å². The van der Waals surface area contributed by atoms with Crippen LogP contribution in [-0.2, 0) is 35.3 Å². The first-order valence-corrected chi connectivity index (χ1v) is 14.4. The van der Waals surface area contributed by atoms with Crippen molar-refractivity contribution < 1.29 is 19.1 Å². The van der Waals surface area contributed by atoms with Crippen molar-refractivity contribution in [1.29, 1.82) is 0 Å². The van der Waals surface area contributed by atoms with Gasteiger partial charge in [-0.2, -0.15) is 20.4 Å². The van der Waals surface area contributed by atoms with E-state index in [1.807, 2.05) is 72.8 Å². The minimum Gasteiger partial charge on any atom is -0.496 e. The molecule has 0 unspecified atom stereocenters. The number of carbonyl (C=O) groups is 2. The summed E-state index contributed by atoms with van der Waals surface area (Å²) in [6, 6.07) is 23.0. The summed E-state index contributed by atoms with van der Waals surface area (Å²) in [5, 5.41) is 17.8. The van der Waals surface area contributed by atoms with Crippen LogP contribution in [0.2, 0.25) is 0 Å². The Hall–Kier alpha value is -4.46. The second kappa shape index (κ2) is 13.9. The third-order valence-electron chi connectivity index (χ3n) is 7.91. The van der Waals surface area contributed by atoms with Crippen LogP contribution in [0.15, 0.2) is 72.8 Å². The molecule has 0 amide bonds. The third-order valence-corrected chi connectivity index (χ3v) is 7.91. The van der Waals surface area contributed by atoms with Gasteiger partial charge in [-0.25, -0.2) is 0 Å². The molecule has 0 radical (unpaired) electrons. The Morgan fingerprint density at radius 3 is 1.48 bits per heavy atom. The second-order valence-corrected chi connectivity index (χ2v) is 10.9. The molecule has 0 spiro atoms. The highest BCUT2D eigenvalue weighted by Crippen LogP contribution is 2.39. The number of rotatable bonds is 12. The molecule has 8 nitrogen and oxygen atoms in total. The van der Waals surface area contributed by atoms with Crippen LogP contribution in [-0.4, -0.2) is 46.2 Å². The van der Waals surface area contributed by atoms with Crippen molar-refractivity contribution in [1.82, 2.24) is 20.4 Å². The van der Waals surface area contributed by atoms with E-state index in [1.165, 1.54) is 0 Å². The van der Waals surface area contributed by atoms with Gasteiger partial charge in [-0.3, -0.25) is 9.59 Å². The zero-order valence-electron chi connectivity index (χ0n) is 24.2. The Balaban J connectivity index is 1.14. The fourth-order valence-corrected chi connectivity index (χ4v) is 5.74. The van der Waals surface area contributed by atoms with Gasteiger partial charge < -0.3 is 9.47 Å². The molecular formula is C34H36N4O4. The van der Waals surface area contributed by atoms with E-state index < -0.39 is 0 Å². The monoisotopic (exact) mass is 564 g/mol. The lowest BCUT2D eigenvalue weighted by molar-refractivity contribution is -0.118. The number of aromatic nitrogens is 4. The summed E-state index contributed by atoms with van der Waals surface area (Å²) in [6.07, 6.45) is 5.14. The molecule has 1 fully saturated rings. The van der Waals surface area contributed by atoms with E-state index in [2.05, 4.69) is 20.4 Å². The van der Waals surface area contributed by atoms with Crippen molar-refractivity contribution in [2.24, 2.45) is 0 Å². The predicted molar refractivity (Wildman–Crippen MR) is 159 cm³/mol. The van der Waals surface area contributed by atoms with Crippen molar-refractivity contribution in [3.05, 3.63) is 107 Å². The molecule has 2 heterocycles. The predicted octanol–water partition coefficient (Wildman–Crippen LogP) is 5.43. The average Bonchev–Trinajstić information content (AvgIpc) is 3.02. The van der Waals surface area contributed by atoms with E-state index in [1.54, 1.807) is 14.2 Å². The highest BCUT2D eigenvalue weighted by atomic mass is 16.5. The summed E-state index contributed by atoms with van der Waals surface area (Å²) in [7, 11) is 3.22. The van der Waals surface area contributed by atoms with Crippen molar-refractivity contribution in [2.45, 2.75) is 63.2 Å². The second-order valence-electron chi connectivity index (χ2n) is 10.9. The van der Waals surface area contributed by atoms with Gasteiger partial charge in [-0.15, -0.1) is 0 Å². The molecule has 0 bridgehead atoms. The minimum atomic E-state index is 0.0720. The molecule has 0 N–H and O–H groups in total. The molecule has 2 aromatic carbocycles.